The van der Waals surface area contributed by atoms with Gasteiger partial charge >= 0.3 is 0 Å². The summed E-state index contributed by atoms with van der Waals surface area (Å²) in [6, 6.07) is 1.74. The number of nitrogens with one attached hydrogen (secondary N) is 1. The van der Waals surface area contributed by atoms with Crippen LogP contribution < -0.4 is 5.32 Å². The summed E-state index contributed by atoms with van der Waals surface area (Å²) in [4.78, 5) is 0. The first kappa shape index (κ1) is 19.7. The van der Waals surface area contributed by atoms with Crippen molar-refractivity contribution in [3.63, 3.8) is 0 Å². The molecule has 0 aromatic rings. The van der Waals surface area contributed by atoms with Crippen molar-refractivity contribution < 1.29 is 0 Å². The van der Waals surface area contributed by atoms with Crippen LogP contribution in [0.5, 0.6) is 0 Å². The SMILES string of the molecule is CCCCC(C)CC(CC)C1CC2C(CC1CC)NC1CCCCC12. The Morgan fingerprint density at radius 3 is 2.48 bits per heavy atom. The molecular weight excluding hydrogens is 302 g/mol. The molecule has 1 N–H and O–H groups in total. The lowest BCUT2D eigenvalue weighted by Gasteiger charge is -2.44. The molecule has 3 aliphatic rings. The van der Waals surface area contributed by atoms with Gasteiger partial charge in [0.2, 0.25) is 0 Å². The van der Waals surface area contributed by atoms with Gasteiger partial charge in [-0.25, -0.2) is 0 Å². The highest BCUT2D eigenvalue weighted by atomic mass is 15.0. The summed E-state index contributed by atoms with van der Waals surface area (Å²) in [7, 11) is 0. The standard InChI is InChI=1S/C24H45N/c1-5-8-11-17(4)14-18(6-2)21-16-22-20-12-9-10-13-23(20)25-24(22)15-19(21)7-3/h17-25H,5-16H2,1-4H3. The van der Waals surface area contributed by atoms with Gasteiger partial charge in [-0.3, -0.25) is 0 Å². The Bertz CT molecular complexity index is 392. The molecule has 2 saturated carbocycles. The van der Waals surface area contributed by atoms with Crippen LogP contribution in [-0.4, -0.2) is 12.1 Å². The summed E-state index contributed by atoms with van der Waals surface area (Å²) >= 11 is 0. The largest absolute Gasteiger partial charge is 0.311 e. The lowest BCUT2D eigenvalue weighted by Crippen LogP contribution is -2.41. The molecule has 1 heterocycles. The molecule has 8 unspecified atom stereocenters. The van der Waals surface area contributed by atoms with Crippen LogP contribution in [0, 0.1) is 35.5 Å². The molecule has 0 aromatic carbocycles. The van der Waals surface area contributed by atoms with E-state index >= 15 is 0 Å². The van der Waals surface area contributed by atoms with Crippen molar-refractivity contribution >= 4 is 0 Å². The monoisotopic (exact) mass is 347 g/mol. The van der Waals surface area contributed by atoms with E-state index in [1.54, 1.807) is 6.42 Å². The van der Waals surface area contributed by atoms with Gasteiger partial charge in [0.15, 0.2) is 0 Å². The summed E-state index contributed by atoms with van der Waals surface area (Å²) < 4.78 is 0. The first-order valence-electron chi connectivity index (χ1n) is 11.9. The first-order chi connectivity index (χ1) is 12.2. The smallest absolute Gasteiger partial charge is 0.0104 e. The van der Waals surface area contributed by atoms with Gasteiger partial charge in [0.1, 0.15) is 0 Å². The van der Waals surface area contributed by atoms with Gasteiger partial charge in [0.25, 0.3) is 0 Å². The zero-order chi connectivity index (χ0) is 17.8. The molecule has 146 valence electrons. The molecule has 1 aliphatic heterocycles. The highest BCUT2D eigenvalue weighted by molar-refractivity contribution is 5.04. The Morgan fingerprint density at radius 2 is 1.76 bits per heavy atom. The number of rotatable bonds is 8. The van der Waals surface area contributed by atoms with E-state index < -0.39 is 0 Å². The minimum Gasteiger partial charge on any atom is -0.311 e. The van der Waals surface area contributed by atoms with Crippen molar-refractivity contribution in [2.75, 3.05) is 0 Å². The summed E-state index contributed by atoms with van der Waals surface area (Å²) in [6.45, 7) is 9.81. The molecule has 0 spiro atoms. The van der Waals surface area contributed by atoms with Gasteiger partial charge in [-0.15, -0.1) is 0 Å². The van der Waals surface area contributed by atoms with Gasteiger partial charge in [0, 0.05) is 12.1 Å². The second kappa shape index (κ2) is 9.25. The average Bonchev–Trinajstić information content (AvgIpc) is 3.00. The molecule has 0 aromatic heterocycles. The molecule has 25 heavy (non-hydrogen) atoms. The molecule has 0 amide bonds. The van der Waals surface area contributed by atoms with Crippen LogP contribution in [-0.2, 0) is 0 Å². The zero-order valence-electron chi connectivity index (χ0n) is 17.6. The third-order valence-electron chi connectivity index (χ3n) is 8.43. The number of fused-ring (bicyclic) bond motifs is 3. The summed E-state index contributed by atoms with van der Waals surface area (Å²) in [5, 5.41) is 4.11. The Hall–Kier alpha value is -0.0400. The molecule has 8 atom stereocenters. The Balaban J connectivity index is 1.66. The minimum atomic E-state index is 0.865. The van der Waals surface area contributed by atoms with E-state index in [9.17, 15) is 0 Å². The van der Waals surface area contributed by atoms with Gasteiger partial charge in [0.05, 0.1) is 0 Å². The van der Waals surface area contributed by atoms with Crippen LogP contribution >= 0.6 is 0 Å². The Labute approximate surface area is 158 Å². The number of unbranched alkanes of at least 4 members (excludes halogenated alkanes) is 1. The molecule has 3 rings (SSSR count). The summed E-state index contributed by atoms with van der Waals surface area (Å²) in [5.74, 6) is 5.96. The predicted octanol–water partition coefficient (Wildman–Crippen LogP) is 6.81. The van der Waals surface area contributed by atoms with E-state index in [1.165, 1.54) is 70.6 Å². The highest BCUT2D eigenvalue weighted by Crippen LogP contribution is 2.51. The third kappa shape index (κ3) is 4.45. The molecule has 1 saturated heterocycles. The zero-order valence-corrected chi connectivity index (χ0v) is 17.6. The Kier molecular flexibility index (Phi) is 7.29. The van der Waals surface area contributed by atoms with Gasteiger partial charge in [-0.05, 0) is 67.6 Å². The summed E-state index contributed by atoms with van der Waals surface area (Å²) in [5.41, 5.74) is 0. The van der Waals surface area contributed by atoms with Crippen LogP contribution in [0.3, 0.4) is 0 Å². The van der Waals surface area contributed by atoms with Gasteiger partial charge in [-0.1, -0.05) is 72.6 Å². The van der Waals surface area contributed by atoms with Crippen molar-refractivity contribution in [2.24, 2.45) is 35.5 Å². The fraction of sp³-hybridized carbons (Fsp3) is 1.00. The van der Waals surface area contributed by atoms with Crippen molar-refractivity contribution in [3.05, 3.63) is 0 Å². The van der Waals surface area contributed by atoms with E-state index in [1.807, 2.05) is 0 Å². The van der Waals surface area contributed by atoms with Crippen LogP contribution in [0.15, 0.2) is 0 Å². The fourth-order valence-corrected chi connectivity index (χ4v) is 7.04. The maximum atomic E-state index is 4.11. The third-order valence-corrected chi connectivity index (χ3v) is 8.43. The van der Waals surface area contributed by atoms with Crippen LogP contribution in [0.2, 0.25) is 0 Å². The van der Waals surface area contributed by atoms with E-state index in [0.717, 1.165) is 47.6 Å². The summed E-state index contributed by atoms with van der Waals surface area (Å²) in [6.07, 6.45) is 17.6. The second-order valence-corrected chi connectivity index (χ2v) is 9.95. The fourth-order valence-electron chi connectivity index (χ4n) is 7.04. The van der Waals surface area contributed by atoms with Gasteiger partial charge in [-0.2, -0.15) is 0 Å². The molecular formula is C24H45N. The maximum Gasteiger partial charge on any atom is 0.0104 e. The lowest BCUT2D eigenvalue weighted by atomic mass is 9.61. The molecule has 0 radical (unpaired) electrons. The van der Waals surface area contributed by atoms with E-state index in [4.69, 9.17) is 0 Å². The van der Waals surface area contributed by atoms with Crippen molar-refractivity contribution in [1.29, 1.82) is 0 Å². The second-order valence-electron chi connectivity index (χ2n) is 9.95. The normalized spacial score (nSPS) is 40.3. The topological polar surface area (TPSA) is 12.0 Å². The average molecular weight is 348 g/mol. The van der Waals surface area contributed by atoms with E-state index in [-0.39, 0.29) is 0 Å². The molecule has 3 fully saturated rings. The van der Waals surface area contributed by atoms with Crippen molar-refractivity contribution in [2.45, 2.75) is 117 Å². The lowest BCUT2D eigenvalue weighted by molar-refractivity contribution is 0.0725. The molecule has 1 heteroatoms. The molecule has 1 nitrogen and oxygen atoms in total. The van der Waals surface area contributed by atoms with Crippen LogP contribution in [0.25, 0.3) is 0 Å². The van der Waals surface area contributed by atoms with Crippen molar-refractivity contribution in [3.8, 4) is 0 Å². The number of hydrogen-bond donors (Lipinski definition) is 1. The van der Waals surface area contributed by atoms with Gasteiger partial charge < -0.3 is 5.32 Å². The molecule has 2 aliphatic carbocycles. The Morgan fingerprint density at radius 1 is 0.960 bits per heavy atom. The molecule has 0 bridgehead atoms. The van der Waals surface area contributed by atoms with Crippen LogP contribution in [0.4, 0.5) is 0 Å². The van der Waals surface area contributed by atoms with Crippen molar-refractivity contribution in [1.82, 2.24) is 5.32 Å². The first-order valence-corrected chi connectivity index (χ1v) is 11.9. The number of hydrogen-bond acceptors (Lipinski definition) is 1. The van der Waals surface area contributed by atoms with E-state index in [0.29, 0.717) is 0 Å². The van der Waals surface area contributed by atoms with Crippen LogP contribution in [0.1, 0.15) is 105 Å². The maximum absolute atomic E-state index is 4.11. The predicted molar refractivity (Wildman–Crippen MR) is 110 cm³/mol. The van der Waals surface area contributed by atoms with E-state index in [2.05, 4.69) is 33.0 Å². The highest BCUT2D eigenvalue weighted by Gasteiger charge is 2.49. The minimum absolute atomic E-state index is 0.865. The quantitative estimate of drug-likeness (QED) is 0.508.